The van der Waals surface area contributed by atoms with E-state index in [1.165, 1.54) is 7.11 Å². The number of aryl methyl sites for hydroxylation is 1. The Morgan fingerprint density at radius 3 is 2.79 bits per heavy atom. The van der Waals surface area contributed by atoms with Gasteiger partial charge in [-0.1, -0.05) is 0 Å². The molecule has 100 valence electrons. The molecule has 0 aliphatic carbocycles. The fraction of sp³-hybridized carbons (Fsp3) is 0.250. The van der Waals surface area contributed by atoms with Crippen LogP contribution >= 0.6 is 11.3 Å². The van der Waals surface area contributed by atoms with Crippen LogP contribution in [0.3, 0.4) is 0 Å². The third-order valence-electron chi connectivity index (χ3n) is 2.56. The lowest BCUT2D eigenvalue weighted by molar-refractivity contribution is 0.0606. The molecule has 2 heterocycles. The maximum atomic E-state index is 11.9. The normalized spacial score (nSPS) is 10.2. The van der Waals surface area contributed by atoms with Crippen molar-refractivity contribution < 1.29 is 14.3 Å². The first-order valence-electron chi connectivity index (χ1n) is 5.53. The van der Waals surface area contributed by atoms with Crippen molar-refractivity contribution in [2.45, 2.75) is 6.54 Å². The predicted octanol–water partition coefficient (Wildman–Crippen LogP) is 1.20. The number of methoxy groups -OCH3 is 1. The van der Waals surface area contributed by atoms with Gasteiger partial charge in [0.2, 0.25) is 0 Å². The van der Waals surface area contributed by atoms with Crippen molar-refractivity contribution in [3.63, 3.8) is 0 Å². The predicted molar refractivity (Wildman–Crippen MR) is 70.0 cm³/mol. The fourth-order valence-corrected chi connectivity index (χ4v) is 2.32. The number of rotatable bonds is 4. The number of esters is 1. The number of nitrogens with one attached hydrogen (secondary N) is 1. The average molecular weight is 279 g/mol. The summed E-state index contributed by atoms with van der Waals surface area (Å²) in [6.07, 6.45) is 3.36. The number of carbonyl (C=O) groups excluding carboxylic acids is 2. The van der Waals surface area contributed by atoms with Gasteiger partial charge < -0.3 is 14.6 Å². The SMILES string of the molecule is COC(=O)c1ccc(C(=O)NCc2cncn2C)s1. The number of amides is 1. The van der Waals surface area contributed by atoms with E-state index < -0.39 is 5.97 Å². The van der Waals surface area contributed by atoms with Gasteiger partial charge in [-0.25, -0.2) is 9.78 Å². The van der Waals surface area contributed by atoms with Gasteiger partial charge in [0.1, 0.15) is 4.88 Å². The van der Waals surface area contributed by atoms with Crippen LogP contribution in [-0.4, -0.2) is 28.5 Å². The number of carbonyl (C=O) groups is 2. The van der Waals surface area contributed by atoms with Crippen LogP contribution in [0.4, 0.5) is 0 Å². The van der Waals surface area contributed by atoms with E-state index in [0.29, 0.717) is 16.3 Å². The van der Waals surface area contributed by atoms with E-state index in [2.05, 4.69) is 15.0 Å². The van der Waals surface area contributed by atoms with Gasteiger partial charge in [0.15, 0.2) is 0 Å². The number of nitrogens with zero attached hydrogens (tertiary/aromatic N) is 2. The summed E-state index contributed by atoms with van der Waals surface area (Å²) in [6, 6.07) is 3.19. The van der Waals surface area contributed by atoms with Crippen LogP contribution in [0, 0.1) is 0 Å². The molecule has 0 fully saturated rings. The highest BCUT2D eigenvalue weighted by atomic mass is 32.1. The lowest BCUT2D eigenvalue weighted by atomic mass is 10.4. The molecule has 0 saturated carbocycles. The lowest BCUT2D eigenvalue weighted by Gasteiger charge is -2.03. The van der Waals surface area contributed by atoms with E-state index >= 15 is 0 Å². The monoisotopic (exact) mass is 279 g/mol. The molecule has 2 rings (SSSR count). The standard InChI is InChI=1S/C12H13N3O3S/c1-15-7-13-5-8(15)6-14-11(16)9-3-4-10(19-9)12(17)18-2/h3-5,7H,6H2,1-2H3,(H,14,16). The summed E-state index contributed by atoms with van der Waals surface area (Å²) in [5.74, 6) is -0.656. The summed E-state index contributed by atoms with van der Waals surface area (Å²) >= 11 is 1.11. The maximum Gasteiger partial charge on any atom is 0.348 e. The van der Waals surface area contributed by atoms with Gasteiger partial charge in [-0.3, -0.25) is 4.79 Å². The number of imidazole rings is 1. The summed E-state index contributed by atoms with van der Waals surface area (Å²) in [4.78, 5) is 28.0. The van der Waals surface area contributed by atoms with Crippen molar-refractivity contribution >= 4 is 23.2 Å². The van der Waals surface area contributed by atoms with Crippen LogP contribution in [0.15, 0.2) is 24.7 Å². The number of aromatic nitrogens is 2. The second kappa shape index (κ2) is 5.66. The minimum Gasteiger partial charge on any atom is -0.465 e. The molecule has 0 aromatic carbocycles. The van der Waals surface area contributed by atoms with Crippen LogP contribution < -0.4 is 5.32 Å². The highest BCUT2D eigenvalue weighted by Crippen LogP contribution is 2.17. The third-order valence-corrected chi connectivity index (χ3v) is 3.63. The number of hydrogen-bond acceptors (Lipinski definition) is 5. The Bertz CT molecular complexity index is 603. The first-order chi connectivity index (χ1) is 9.11. The largest absolute Gasteiger partial charge is 0.465 e. The first kappa shape index (κ1) is 13.3. The molecule has 1 amide bonds. The zero-order chi connectivity index (χ0) is 13.8. The van der Waals surface area contributed by atoms with E-state index in [1.807, 2.05) is 11.6 Å². The van der Waals surface area contributed by atoms with Crippen molar-refractivity contribution in [2.75, 3.05) is 7.11 Å². The molecule has 0 spiro atoms. The van der Waals surface area contributed by atoms with E-state index in [4.69, 9.17) is 0 Å². The molecule has 0 saturated heterocycles. The van der Waals surface area contributed by atoms with Crippen LogP contribution in [0.2, 0.25) is 0 Å². The van der Waals surface area contributed by atoms with E-state index in [0.717, 1.165) is 17.0 Å². The van der Waals surface area contributed by atoms with Gasteiger partial charge in [0.25, 0.3) is 5.91 Å². The molecule has 2 aromatic heterocycles. The van der Waals surface area contributed by atoms with Gasteiger partial charge in [0, 0.05) is 13.2 Å². The second-order valence-corrected chi connectivity index (χ2v) is 4.92. The van der Waals surface area contributed by atoms with Crippen LogP contribution in [0.25, 0.3) is 0 Å². The van der Waals surface area contributed by atoms with Crippen molar-refractivity contribution in [1.29, 1.82) is 0 Å². The zero-order valence-electron chi connectivity index (χ0n) is 10.5. The molecular weight excluding hydrogens is 266 g/mol. The smallest absolute Gasteiger partial charge is 0.348 e. The summed E-state index contributed by atoms with van der Waals surface area (Å²) in [6.45, 7) is 0.390. The summed E-state index contributed by atoms with van der Waals surface area (Å²) in [5, 5.41) is 2.77. The van der Waals surface area contributed by atoms with Crippen molar-refractivity contribution in [3.8, 4) is 0 Å². The zero-order valence-corrected chi connectivity index (χ0v) is 11.4. The molecule has 0 bridgehead atoms. The van der Waals surface area contributed by atoms with E-state index in [9.17, 15) is 9.59 Å². The Kier molecular flexibility index (Phi) is 3.96. The minimum absolute atomic E-state index is 0.221. The summed E-state index contributed by atoms with van der Waals surface area (Å²) in [7, 11) is 3.17. The lowest BCUT2D eigenvalue weighted by Crippen LogP contribution is -2.22. The highest BCUT2D eigenvalue weighted by molar-refractivity contribution is 7.15. The number of hydrogen-bond donors (Lipinski definition) is 1. The van der Waals surface area contributed by atoms with Gasteiger partial charge in [-0.2, -0.15) is 0 Å². The van der Waals surface area contributed by atoms with Gasteiger partial charge in [-0.15, -0.1) is 11.3 Å². The molecule has 0 unspecified atom stereocenters. The van der Waals surface area contributed by atoms with Gasteiger partial charge in [-0.05, 0) is 12.1 Å². The van der Waals surface area contributed by atoms with Gasteiger partial charge in [0.05, 0.1) is 30.6 Å². The highest BCUT2D eigenvalue weighted by Gasteiger charge is 2.14. The minimum atomic E-state index is -0.435. The molecule has 0 radical (unpaired) electrons. The maximum absolute atomic E-state index is 11.9. The molecule has 1 N–H and O–H groups in total. The summed E-state index contributed by atoms with van der Waals surface area (Å²) in [5.41, 5.74) is 0.901. The third kappa shape index (κ3) is 3.00. The van der Waals surface area contributed by atoms with E-state index in [1.54, 1.807) is 24.7 Å². The van der Waals surface area contributed by atoms with Crippen molar-refractivity contribution in [3.05, 3.63) is 40.1 Å². The van der Waals surface area contributed by atoms with Crippen molar-refractivity contribution in [1.82, 2.24) is 14.9 Å². The molecule has 7 heteroatoms. The van der Waals surface area contributed by atoms with E-state index in [-0.39, 0.29) is 5.91 Å². The van der Waals surface area contributed by atoms with Crippen molar-refractivity contribution in [2.24, 2.45) is 7.05 Å². The average Bonchev–Trinajstić information content (AvgIpc) is 3.04. The molecule has 0 atom stereocenters. The quantitative estimate of drug-likeness (QED) is 0.853. The Morgan fingerprint density at radius 1 is 1.42 bits per heavy atom. The number of thiophene rings is 1. The van der Waals surface area contributed by atoms with Crippen LogP contribution in [0.1, 0.15) is 25.0 Å². The Labute approximate surface area is 114 Å². The first-order valence-corrected chi connectivity index (χ1v) is 6.35. The topological polar surface area (TPSA) is 73.2 Å². The van der Waals surface area contributed by atoms with Gasteiger partial charge >= 0.3 is 5.97 Å². The second-order valence-electron chi connectivity index (χ2n) is 3.83. The fourth-order valence-electron chi connectivity index (χ4n) is 1.48. The Hall–Kier alpha value is -2.15. The van der Waals surface area contributed by atoms with Crippen LogP contribution in [0.5, 0.6) is 0 Å². The summed E-state index contributed by atoms with van der Waals surface area (Å²) < 4.78 is 6.42. The van der Waals surface area contributed by atoms with Crippen LogP contribution in [-0.2, 0) is 18.3 Å². The number of ether oxygens (including phenoxy) is 1. The molecule has 0 aliphatic heterocycles. The molecule has 0 aliphatic rings. The molecular formula is C12H13N3O3S. The molecule has 2 aromatic rings. The Balaban J connectivity index is 1.98. The Morgan fingerprint density at radius 2 is 2.16 bits per heavy atom. The molecule has 6 nitrogen and oxygen atoms in total. The molecule has 19 heavy (non-hydrogen) atoms.